The van der Waals surface area contributed by atoms with Crippen LogP contribution in [0.4, 0.5) is 10.1 Å². The van der Waals surface area contributed by atoms with Gasteiger partial charge in [-0.2, -0.15) is 0 Å². The van der Waals surface area contributed by atoms with Gasteiger partial charge in [0.2, 0.25) is 0 Å². The predicted molar refractivity (Wildman–Crippen MR) is 58.1 cm³/mol. The summed E-state index contributed by atoms with van der Waals surface area (Å²) >= 11 is 0. The number of phenols is 1. The number of nitrogen functional groups attached to an aromatic ring is 1. The van der Waals surface area contributed by atoms with Crippen molar-refractivity contribution in [3.8, 4) is 5.75 Å². The van der Waals surface area contributed by atoms with Crippen LogP contribution in [0.3, 0.4) is 0 Å². The number of hydrogen-bond donors (Lipinski definition) is 2. The molecule has 0 amide bonds. The van der Waals surface area contributed by atoms with Crippen LogP contribution in [0.25, 0.3) is 6.08 Å². The number of aromatic hydroxyl groups is 1. The summed E-state index contributed by atoms with van der Waals surface area (Å²) in [7, 11) is 1.23. The van der Waals surface area contributed by atoms with Crippen molar-refractivity contribution in [2.75, 3.05) is 12.8 Å². The van der Waals surface area contributed by atoms with Crippen molar-refractivity contribution in [2.45, 2.75) is 6.92 Å². The van der Waals surface area contributed by atoms with Gasteiger partial charge in [0.05, 0.1) is 12.8 Å². The van der Waals surface area contributed by atoms with Crippen molar-refractivity contribution in [3.05, 3.63) is 29.1 Å². The predicted octanol–water partition coefficient (Wildman–Crippen LogP) is 1.69. The van der Waals surface area contributed by atoms with Gasteiger partial charge in [-0.25, -0.2) is 9.18 Å². The van der Waals surface area contributed by atoms with Crippen LogP contribution in [-0.4, -0.2) is 18.2 Å². The van der Waals surface area contributed by atoms with Crippen molar-refractivity contribution in [1.29, 1.82) is 0 Å². The first-order chi connectivity index (χ1) is 7.45. The maximum absolute atomic E-state index is 13.4. The first kappa shape index (κ1) is 12.0. The van der Waals surface area contributed by atoms with E-state index in [4.69, 9.17) is 5.73 Å². The molecule has 0 aliphatic heterocycles. The Labute approximate surface area is 92.1 Å². The summed E-state index contributed by atoms with van der Waals surface area (Å²) in [4.78, 5) is 11.1. The molecular formula is C11H12FNO3. The number of nitrogens with two attached hydrogens (primary N) is 1. The van der Waals surface area contributed by atoms with Crippen molar-refractivity contribution >= 4 is 17.7 Å². The highest BCUT2D eigenvalue weighted by Crippen LogP contribution is 2.25. The summed E-state index contributed by atoms with van der Waals surface area (Å²) in [5.74, 6) is -1.40. The van der Waals surface area contributed by atoms with E-state index in [0.29, 0.717) is 0 Å². The number of benzene rings is 1. The third-order valence-electron chi connectivity index (χ3n) is 2.03. The van der Waals surface area contributed by atoms with Gasteiger partial charge in [-0.15, -0.1) is 0 Å². The molecule has 5 heteroatoms. The summed E-state index contributed by atoms with van der Waals surface area (Å²) in [5, 5.41) is 9.30. The van der Waals surface area contributed by atoms with Gasteiger partial charge in [-0.1, -0.05) is 0 Å². The summed E-state index contributed by atoms with van der Waals surface area (Å²) in [6.45, 7) is 1.48. The number of esters is 1. The van der Waals surface area contributed by atoms with Crippen molar-refractivity contribution in [2.24, 2.45) is 0 Å². The molecule has 0 aliphatic carbocycles. The normalized spacial score (nSPS) is 11.3. The van der Waals surface area contributed by atoms with Gasteiger partial charge >= 0.3 is 5.97 Å². The summed E-state index contributed by atoms with van der Waals surface area (Å²) < 4.78 is 17.8. The van der Waals surface area contributed by atoms with Crippen LogP contribution in [0.5, 0.6) is 5.75 Å². The quantitative estimate of drug-likeness (QED) is 0.347. The van der Waals surface area contributed by atoms with Gasteiger partial charge in [0, 0.05) is 17.2 Å². The molecular weight excluding hydrogens is 213 g/mol. The van der Waals surface area contributed by atoms with E-state index in [-0.39, 0.29) is 22.6 Å². The Morgan fingerprint density at radius 2 is 2.19 bits per heavy atom. The molecule has 16 heavy (non-hydrogen) atoms. The molecule has 0 aliphatic rings. The van der Waals surface area contributed by atoms with Crippen molar-refractivity contribution in [1.82, 2.24) is 0 Å². The Kier molecular flexibility index (Phi) is 3.50. The standard InChI is InChI=1S/C11H12FNO3/c1-6(11(15)16-2)3-7-4-10(14)9(13)5-8(7)12/h3-5,14H,13H2,1-2H3/b6-3+. The van der Waals surface area contributed by atoms with E-state index in [9.17, 15) is 14.3 Å². The highest BCUT2D eigenvalue weighted by atomic mass is 19.1. The smallest absolute Gasteiger partial charge is 0.333 e. The number of methoxy groups -OCH3 is 1. The molecule has 0 spiro atoms. The summed E-state index contributed by atoms with van der Waals surface area (Å²) in [5.41, 5.74) is 5.56. The van der Waals surface area contributed by atoms with Gasteiger partial charge < -0.3 is 15.6 Å². The Bertz CT molecular complexity index is 455. The van der Waals surface area contributed by atoms with Crippen LogP contribution >= 0.6 is 0 Å². The molecule has 0 radical (unpaired) electrons. The Morgan fingerprint density at radius 1 is 1.56 bits per heavy atom. The van der Waals surface area contributed by atoms with Gasteiger partial charge in [0.15, 0.2) is 0 Å². The monoisotopic (exact) mass is 225 g/mol. The minimum absolute atomic E-state index is 0.0506. The minimum Gasteiger partial charge on any atom is -0.506 e. The lowest BCUT2D eigenvalue weighted by molar-refractivity contribution is -0.135. The molecule has 0 heterocycles. The maximum atomic E-state index is 13.4. The molecule has 0 unspecified atom stereocenters. The first-order valence-corrected chi connectivity index (χ1v) is 4.50. The molecule has 0 atom stereocenters. The lowest BCUT2D eigenvalue weighted by atomic mass is 10.1. The maximum Gasteiger partial charge on any atom is 0.333 e. The molecule has 0 saturated heterocycles. The Morgan fingerprint density at radius 3 is 2.75 bits per heavy atom. The van der Waals surface area contributed by atoms with Gasteiger partial charge in [0.1, 0.15) is 11.6 Å². The van der Waals surface area contributed by atoms with Crippen molar-refractivity contribution < 1.29 is 19.0 Å². The molecule has 86 valence electrons. The number of carbonyl (C=O) groups is 1. The zero-order valence-corrected chi connectivity index (χ0v) is 8.95. The van der Waals surface area contributed by atoms with Crippen LogP contribution in [0.15, 0.2) is 17.7 Å². The first-order valence-electron chi connectivity index (χ1n) is 4.50. The van der Waals surface area contributed by atoms with Crippen LogP contribution in [-0.2, 0) is 9.53 Å². The average Bonchev–Trinajstić information content (AvgIpc) is 2.24. The lowest BCUT2D eigenvalue weighted by Gasteiger charge is -2.03. The van der Waals surface area contributed by atoms with Crippen LogP contribution in [0.1, 0.15) is 12.5 Å². The zero-order valence-electron chi connectivity index (χ0n) is 8.95. The van der Waals surface area contributed by atoms with E-state index in [1.165, 1.54) is 20.1 Å². The largest absolute Gasteiger partial charge is 0.506 e. The number of hydrogen-bond acceptors (Lipinski definition) is 4. The second kappa shape index (κ2) is 4.65. The van der Waals surface area contributed by atoms with Gasteiger partial charge in [-0.05, 0) is 19.1 Å². The Balaban J connectivity index is 3.15. The molecule has 1 aromatic rings. The van der Waals surface area contributed by atoms with Crippen molar-refractivity contribution in [3.63, 3.8) is 0 Å². The van der Waals surface area contributed by atoms with E-state index < -0.39 is 11.8 Å². The van der Waals surface area contributed by atoms with E-state index in [2.05, 4.69) is 4.74 Å². The SMILES string of the molecule is COC(=O)/C(C)=C/c1cc(O)c(N)cc1F. The third-order valence-corrected chi connectivity index (χ3v) is 2.03. The second-order valence-corrected chi connectivity index (χ2v) is 3.25. The van der Waals surface area contributed by atoms with Crippen LogP contribution < -0.4 is 5.73 Å². The molecule has 0 fully saturated rings. The highest BCUT2D eigenvalue weighted by molar-refractivity contribution is 5.93. The lowest BCUT2D eigenvalue weighted by Crippen LogP contribution is -2.01. The highest BCUT2D eigenvalue weighted by Gasteiger charge is 2.08. The molecule has 3 N–H and O–H groups in total. The zero-order chi connectivity index (χ0) is 12.3. The fourth-order valence-corrected chi connectivity index (χ4v) is 1.16. The Hall–Kier alpha value is -2.04. The number of phenolic OH excluding ortho intramolecular Hbond substituents is 1. The fourth-order valence-electron chi connectivity index (χ4n) is 1.16. The summed E-state index contributed by atoms with van der Waals surface area (Å²) in [6, 6.07) is 2.14. The fraction of sp³-hybridized carbons (Fsp3) is 0.182. The average molecular weight is 225 g/mol. The molecule has 0 aromatic heterocycles. The minimum atomic E-state index is -0.612. The number of rotatable bonds is 2. The third kappa shape index (κ3) is 2.50. The topological polar surface area (TPSA) is 72.5 Å². The van der Waals surface area contributed by atoms with Gasteiger partial charge in [0.25, 0.3) is 0 Å². The van der Waals surface area contributed by atoms with Gasteiger partial charge in [-0.3, -0.25) is 0 Å². The number of carbonyl (C=O) groups excluding carboxylic acids is 1. The molecule has 0 saturated carbocycles. The number of ether oxygens (including phenoxy) is 1. The van der Waals surface area contributed by atoms with E-state index in [1.807, 2.05) is 0 Å². The number of halogens is 1. The molecule has 1 aromatic carbocycles. The molecule has 4 nitrogen and oxygen atoms in total. The summed E-state index contributed by atoms with van der Waals surface area (Å²) in [6.07, 6.45) is 1.28. The second-order valence-electron chi connectivity index (χ2n) is 3.25. The number of anilines is 1. The molecule has 1 rings (SSSR count). The van der Waals surface area contributed by atoms with E-state index >= 15 is 0 Å². The molecule has 0 bridgehead atoms. The van der Waals surface area contributed by atoms with E-state index in [0.717, 1.165) is 12.1 Å². The van der Waals surface area contributed by atoms with Crippen LogP contribution in [0.2, 0.25) is 0 Å². The van der Waals surface area contributed by atoms with E-state index in [1.54, 1.807) is 0 Å². The van der Waals surface area contributed by atoms with Crippen LogP contribution in [0, 0.1) is 5.82 Å².